The molecule has 1 aliphatic rings. The fourth-order valence-corrected chi connectivity index (χ4v) is 2.26. The Labute approximate surface area is 111 Å². The van der Waals surface area contributed by atoms with Crippen LogP contribution in [0.5, 0.6) is 0 Å². The molecule has 1 saturated heterocycles. The molecule has 0 atom stereocenters. The third-order valence-corrected chi connectivity index (χ3v) is 3.45. The molecule has 0 bridgehead atoms. The molecule has 1 fully saturated rings. The van der Waals surface area contributed by atoms with Crippen molar-refractivity contribution in [1.82, 2.24) is 0 Å². The van der Waals surface area contributed by atoms with Gasteiger partial charge < -0.3 is 9.47 Å². The minimum Gasteiger partial charge on any atom is -0.466 e. The van der Waals surface area contributed by atoms with Gasteiger partial charge in [0.1, 0.15) is 0 Å². The molecule has 1 aliphatic heterocycles. The molecular weight excluding hydrogens is 228 g/mol. The summed E-state index contributed by atoms with van der Waals surface area (Å²) in [5, 5.41) is 0. The van der Waals surface area contributed by atoms with Crippen LogP contribution < -0.4 is 0 Å². The maximum atomic E-state index is 11.4. The Bertz CT molecular complexity index is 236. The summed E-state index contributed by atoms with van der Waals surface area (Å²) >= 11 is 0. The average Bonchev–Trinajstić information content (AvgIpc) is 2.31. The molecule has 0 aliphatic carbocycles. The van der Waals surface area contributed by atoms with Crippen LogP contribution in [0.1, 0.15) is 71.6 Å². The summed E-state index contributed by atoms with van der Waals surface area (Å²) in [5.41, 5.74) is -0.0375. The molecule has 0 radical (unpaired) electrons. The van der Waals surface area contributed by atoms with E-state index in [1.165, 1.54) is 25.7 Å². The van der Waals surface area contributed by atoms with Gasteiger partial charge in [0.05, 0.1) is 18.8 Å². The van der Waals surface area contributed by atoms with E-state index in [0.29, 0.717) is 19.6 Å². The summed E-state index contributed by atoms with van der Waals surface area (Å²) in [6.07, 6.45) is 9.63. The maximum absolute atomic E-state index is 11.4. The first-order valence-corrected chi connectivity index (χ1v) is 7.40. The van der Waals surface area contributed by atoms with Crippen molar-refractivity contribution in [3.8, 4) is 0 Å². The smallest absolute Gasteiger partial charge is 0.305 e. The molecule has 18 heavy (non-hydrogen) atoms. The third kappa shape index (κ3) is 7.70. The third-order valence-electron chi connectivity index (χ3n) is 3.45. The zero-order valence-electron chi connectivity index (χ0n) is 12.0. The van der Waals surface area contributed by atoms with Gasteiger partial charge in [0.15, 0.2) is 0 Å². The Hall–Kier alpha value is -0.570. The van der Waals surface area contributed by atoms with E-state index < -0.39 is 0 Å². The van der Waals surface area contributed by atoms with Crippen molar-refractivity contribution >= 4 is 5.97 Å². The molecule has 1 rings (SSSR count). The van der Waals surface area contributed by atoms with E-state index in [-0.39, 0.29) is 11.6 Å². The summed E-state index contributed by atoms with van der Waals surface area (Å²) in [5.74, 6) is -0.0517. The summed E-state index contributed by atoms with van der Waals surface area (Å²) in [6.45, 7) is 5.48. The lowest BCUT2D eigenvalue weighted by atomic mass is 9.99. The molecule has 3 heteroatoms. The van der Waals surface area contributed by atoms with E-state index >= 15 is 0 Å². The number of rotatable bonds is 0. The van der Waals surface area contributed by atoms with Gasteiger partial charge in [0.2, 0.25) is 0 Å². The lowest BCUT2D eigenvalue weighted by Gasteiger charge is -2.25. The Balaban J connectivity index is 2.31. The Morgan fingerprint density at radius 3 is 2.33 bits per heavy atom. The minimum absolute atomic E-state index is 0.0375. The Morgan fingerprint density at radius 1 is 0.889 bits per heavy atom. The van der Waals surface area contributed by atoms with Crippen LogP contribution in [0.4, 0.5) is 0 Å². The van der Waals surface area contributed by atoms with Crippen molar-refractivity contribution in [1.29, 1.82) is 0 Å². The number of hydrogen-bond acceptors (Lipinski definition) is 3. The fraction of sp³-hybridized carbons (Fsp3) is 0.933. The van der Waals surface area contributed by atoms with Gasteiger partial charge in [-0.1, -0.05) is 32.1 Å². The predicted molar refractivity (Wildman–Crippen MR) is 72.5 cm³/mol. The van der Waals surface area contributed by atoms with Gasteiger partial charge in [-0.3, -0.25) is 4.79 Å². The van der Waals surface area contributed by atoms with Crippen LogP contribution in [-0.2, 0) is 14.3 Å². The summed E-state index contributed by atoms with van der Waals surface area (Å²) in [6, 6.07) is 0. The van der Waals surface area contributed by atoms with Gasteiger partial charge in [-0.2, -0.15) is 0 Å². The zero-order chi connectivity index (χ0) is 13.3. The second kappa shape index (κ2) is 8.52. The minimum atomic E-state index is -0.0517. The standard InChI is InChI=1S/C15H28O3/c1-15(2)11-8-6-4-3-5-7-10-14(16)17-12-9-13-18-15/h3-13H2,1-2H3. The van der Waals surface area contributed by atoms with Crippen molar-refractivity contribution in [3.05, 3.63) is 0 Å². The Kier molecular flexibility index (Phi) is 7.33. The molecule has 0 amide bonds. The lowest BCUT2D eigenvalue weighted by molar-refractivity contribution is -0.144. The molecule has 0 spiro atoms. The molecule has 3 nitrogen and oxygen atoms in total. The van der Waals surface area contributed by atoms with Crippen LogP contribution in [0.15, 0.2) is 0 Å². The van der Waals surface area contributed by atoms with Crippen molar-refractivity contribution in [2.24, 2.45) is 0 Å². The topological polar surface area (TPSA) is 35.5 Å². The molecule has 0 aromatic carbocycles. The molecular formula is C15H28O3. The maximum Gasteiger partial charge on any atom is 0.305 e. The first kappa shape index (κ1) is 15.5. The highest BCUT2D eigenvalue weighted by molar-refractivity contribution is 5.69. The quantitative estimate of drug-likeness (QED) is 0.618. The van der Waals surface area contributed by atoms with E-state index in [0.717, 1.165) is 25.7 Å². The van der Waals surface area contributed by atoms with E-state index in [2.05, 4.69) is 13.8 Å². The Morgan fingerprint density at radius 2 is 1.56 bits per heavy atom. The van der Waals surface area contributed by atoms with E-state index in [1.54, 1.807) is 0 Å². The fourth-order valence-electron chi connectivity index (χ4n) is 2.26. The van der Waals surface area contributed by atoms with Gasteiger partial charge in [0, 0.05) is 12.8 Å². The largest absolute Gasteiger partial charge is 0.466 e. The highest BCUT2D eigenvalue weighted by Crippen LogP contribution is 2.20. The molecule has 0 aromatic rings. The molecule has 0 unspecified atom stereocenters. The van der Waals surface area contributed by atoms with Crippen LogP contribution in [0, 0.1) is 0 Å². The van der Waals surface area contributed by atoms with E-state index in [1.807, 2.05) is 0 Å². The van der Waals surface area contributed by atoms with Gasteiger partial charge in [-0.05, 0) is 26.7 Å². The van der Waals surface area contributed by atoms with Crippen molar-refractivity contribution in [2.45, 2.75) is 77.2 Å². The first-order valence-electron chi connectivity index (χ1n) is 7.40. The van der Waals surface area contributed by atoms with Crippen LogP contribution in [-0.4, -0.2) is 24.8 Å². The average molecular weight is 256 g/mol. The zero-order valence-corrected chi connectivity index (χ0v) is 12.0. The molecule has 106 valence electrons. The summed E-state index contributed by atoms with van der Waals surface area (Å²) in [7, 11) is 0. The van der Waals surface area contributed by atoms with Gasteiger partial charge >= 0.3 is 5.97 Å². The number of cyclic esters (lactones) is 1. The highest BCUT2D eigenvalue weighted by Gasteiger charge is 2.17. The molecule has 0 saturated carbocycles. The molecule has 0 aromatic heterocycles. The number of carbonyl (C=O) groups excluding carboxylic acids is 1. The monoisotopic (exact) mass is 256 g/mol. The van der Waals surface area contributed by atoms with Gasteiger partial charge in [0.25, 0.3) is 0 Å². The SMILES string of the molecule is CC1(C)CCCCCCCCC(=O)OCCCO1. The first-order chi connectivity index (χ1) is 8.60. The predicted octanol–water partition coefficient (Wildman–Crippen LogP) is 3.85. The number of carbonyl (C=O) groups is 1. The number of ether oxygens (including phenoxy) is 2. The second-order valence-corrected chi connectivity index (χ2v) is 5.80. The number of esters is 1. The van der Waals surface area contributed by atoms with Gasteiger partial charge in [-0.15, -0.1) is 0 Å². The summed E-state index contributed by atoms with van der Waals surface area (Å²) < 4.78 is 11.0. The van der Waals surface area contributed by atoms with Gasteiger partial charge in [-0.25, -0.2) is 0 Å². The molecule has 1 heterocycles. The lowest BCUT2D eigenvalue weighted by Crippen LogP contribution is -2.25. The van der Waals surface area contributed by atoms with Crippen molar-refractivity contribution in [2.75, 3.05) is 13.2 Å². The van der Waals surface area contributed by atoms with E-state index in [9.17, 15) is 4.79 Å². The highest BCUT2D eigenvalue weighted by atomic mass is 16.5. The second-order valence-electron chi connectivity index (χ2n) is 5.80. The van der Waals surface area contributed by atoms with Crippen LogP contribution in [0.2, 0.25) is 0 Å². The van der Waals surface area contributed by atoms with E-state index in [4.69, 9.17) is 9.47 Å². The van der Waals surface area contributed by atoms with Crippen LogP contribution in [0.3, 0.4) is 0 Å². The van der Waals surface area contributed by atoms with Crippen molar-refractivity contribution < 1.29 is 14.3 Å². The van der Waals surface area contributed by atoms with Crippen LogP contribution in [0.25, 0.3) is 0 Å². The number of hydrogen-bond donors (Lipinski definition) is 0. The summed E-state index contributed by atoms with van der Waals surface area (Å²) in [4.78, 5) is 11.4. The van der Waals surface area contributed by atoms with Crippen LogP contribution >= 0.6 is 0 Å². The normalized spacial score (nSPS) is 24.7. The molecule has 0 N–H and O–H groups in total. The van der Waals surface area contributed by atoms with Crippen molar-refractivity contribution in [3.63, 3.8) is 0 Å².